The summed E-state index contributed by atoms with van der Waals surface area (Å²) >= 11 is 0. The Hall–Kier alpha value is -0.660. The van der Waals surface area contributed by atoms with E-state index in [0.717, 1.165) is 0 Å². The van der Waals surface area contributed by atoms with E-state index < -0.39 is 10.0 Å². The average Bonchev–Trinajstić information content (AvgIpc) is 2.26. The average molecular weight is 250 g/mol. The minimum atomic E-state index is -3.12. The van der Waals surface area contributed by atoms with Crippen molar-refractivity contribution in [2.24, 2.45) is 5.92 Å². The van der Waals surface area contributed by atoms with E-state index in [1.54, 1.807) is 7.05 Å². The Morgan fingerprint density at radius 3 is 2.25 bits per heavy atom. The van der Waals surface area contributed by atoms with Crippen LogP contribution in [-0.4, -0.2) is 57.2 Å². The molecule has 1 fully saturated rings. The summed E-state index contributed by atoms with van der Waals surface area (Å²) in [6.07, 6.45) is 2.30. The molecule has 1 aliphatic rings. The number of amides is 1. The summed E-state index contributed by atoms with van der Waals surface area (Å²) in [5, 5.41) is 1.20. The van der Waals surface area contributed by atoms with Gasteiger partial charge in [-0.1, -0.05) is 0 Å². The first-order chi connectivity index (χ1) is 7.36. The molecule has 1 amide bonds. The van der Waals surface area contributed by atoms with Crippen molar-refractivity contribution < 1.29 is 18.0 Å². The summed E-state index contributed by atoms with van der Waals surface area (Å²) < 4.78 is 23.9. The Balaban J connectivity index is 2.53. The highest BCUT2D eigenvalue weighted by molar-refractivity contribution is 7.88. The van der Waals surface area contributed by atoms with E-state index in [1.165, 1.54) is 22.7 Å². The molecule has 0 bridgehead atoms. The van der Waals surface area contributed by atoms with Crippen LogP contribution in [0.3, 0.4) is 0 Å². The maximum Gasteiger partial charge on any atom is 0.249 e. The van der Waals surface area contributed by atoms with Crippen LogP contribution in [0.2, 0.25) is 0 Å². The third kappa shape index (κ3) is 3.16. The number of carbonyl (C=O) groups excluding carboxylic acids is 1. The SMILES string of the molecule is CON(C)C(=O)C1CCN(S(C)(=O)=O)CC1. The van der Waals surface area contributed by atoms with Gasteiger partial charge in [0, 0.05) is 26.1 Å². The Morgan fingerprint density at radius 1 is 1.38 bits per heavy atom. The molecule has 0 unspecified atom stereocenters. The van der Waals surface area contributed by atoms with Gasteiger partial charge in [0.25, 0.3) is 0 Å². The molecule has 0 N–H and O–H groups in total. The molecular weight excluding hydrogens is 232 g/mol. The highest BCUT2D eigenvalue weighted by atomic mass is 32.2. The smallest absolute Gasteiger partial charge is 0.249 e. The monoisotopic (exact) mass is 250 g/mol. The highest BCUT2D eigenvalue weighted by Crippen LogP contribution is 2.20. The van der Waals surface area contributed by atoms with Crippen LogP contribution in [0.15, 0.2) is 0 Å². The van der Waals surface area contributed by atoms with Gasteiger partial charge < -0.3 is 0 Å². The third-order valence-corrected chi connectivity index (χ3v) is 4.16. The summed E-state index contributed by atoms with van der Waals surface area (Å²) in [6, 6.07) is 0. The van der Waals surface area contributed by atoms with E-state index in [0.29, 0.717) is 25.9 Å². The van der Waals surface area contributed by atoms with Crippen molar-refractivity contribution in [3.8, 4) is 0 Å². The second-order valence-electron chi connectivity index (χ2n) is 3.95. The van der Waals surface area contributed by atoms with Gasteiger partial charge in [-0.05, 0) is 12.8 Å². The summed E-state index contributed by atoms with van der Waals surface area (Å²) in [5.41, 5.74) is 0. The molecule has 7 heteroatoms. The van der Waals surface area contributed by atoms with Crippen molar-refractivity contribution in [1.29, 1.82) is 0 Å². The molecule has 1 saturated heterocycles. The lowest BCUT2D eigenvalue weighted by molar-refractivity contribution is -0.174. The normalized spacial score (nSPS) is 19.7. The van der Waals surface area contributed by atoms with Gasteiger partial charge in [0.05, 0.1) is 13.4 Å². The Bertz CT molecular complexity index is 347. The van der Waals surface area contributed by atoms with E-state index in [-0.39, 0.29) is 11.8 Å². The van der Waals surface area contributed by atoms with Crippen molar-refractivity contribution >= 4 is 15.9 Å². The van der Waals surface area contributed by atoms with Gasteiger partial charge in [-0.2, -0.15) is 0 Å². The summed E-state index contributed by atoms with van der Waals surface area (Å²) in [6.45, 7) is 0.819. The highest BCUT2D eigenvalue weighted by Gasteiger charge is 2.30. The molecule has 0 saturated carbocycles. The summed E-state index contributed by atoms with van der Waals surface area (Å²) in [7, 11) is -0.129. The number of sulfonamides is 1. The van der Waals surface area contributed by atoms with E-state index >= 15 is 0 Å². The van der Waals surface area contributed by atoms with E-state index in [9.17, 15) is 13.2 Å². The fraction of sp³-hybridized carbons (Fsp3) is 0.889. The second-order valence-corrected chi connectivity index (χ2v) is 5.94. The number of hydroxylamine groups is 2. The van der Waals surface area contributed by atoms with Crippen LogP contribution in [-0.2, 0) is 19.7 Å². The van der Waals surface area contributed by atoms with Gasteiger partial charge in [0.2, 0.25) is 15.9 Å². The minimum absolute atomic E-state index is 0.0874. The minimum Gasteiger partial charge on any atom is -0.275 e. The molecule has 0 aromatic rings. The maximum atomic E-state index is 11.7. The molecule has 1 heterocycles. The molecule has 6 nitrogen and oxygen atoms in total. The quantitative estimate of drug-likeness (QED) is 0.644. The van der Waals surface area contributed by atoms with Gasteiger partial charge in [-0.3, -0.25) is 9.63 Å². The zero-order valence-corrected chi connectivity index (χ0v) is 10.7. The number of piperidine rings is 1. The number of hydrogen-bond acceptors (Lipinski definition) is 4. The lowest BCUT2D eigenvalue weighted by atomic mass is 9.97. The fourth-order valence-electron chi connectivity index (χ4n) is 1.78. The third-order valence-electron chi connectivity index (χ3n) is 2.86. The predicted octanol–water partition coefficient (Wildman–Crippen LogP) is -0.322. The Morgan fingerprint density at radius 2 is 1.88 bits per heavy atom. The molecule has 1 rings (SSSR count). The number of hydrogen-bond donors (Lipinski definition) is 0. The van der Waals surface area contributed by atoms with Crippen LogP contribution >= 0.6 is 0 Å². The van der Waals surface area contributed by atoms with Crippen molar-refractivity contribution in [3.63, 3.8) is 0 Å². The molecule has 0 radical (unpaired) electrons. The van der Waals surface area contributed by atoms with Crippen LogP contribution in [0.5, 0.6) is 0 Å². The van der Waals surface area contributed by atoms with Crippen LogP contribution < -0.4 is 0 Å². The standard InChI is InChI=1S/C9H18N2O4S/c1-10(15-2)9(12)8-4-6-11(7-5-8)16(3,13)14/h8H,4-7H2,1-3H3. The van der Waals surface area contributed by atoms with E-state index in [2.05, 4.69) is 0 Å². The summed E-state index contributed by atoms with van der Waals surface area (Å²) in [5.74, 6) is -0.224. The molecule has 94 valence electrons. The first-order valence-corrected chi connectivity index (χ1v) is 6.98. The van der Waals surface area contributed by atoms with Gasteiger partial charge in [0.15, 0.2) is 0 Å². The molecule has 1 aliphatic heterocycles. The van der Waals surface area contributed by atoms with E-state index in [4.69, 9.17) is 4.84 Å². The molecule has 0 aromatic carbocycles. The lowest BCUT2D eigenvalue weighted by Gasteiger charge is -2.30. The maximum absolute atomic E-state index is 11.7. The van der Waals surface area contributed by atoms with Crippen molar-refractivity contribution in [3.05, 3.63) is 0 Å². The molecule has 0 spiro atoms. The molecule has 0 aromatic heterocycles. The van der Waals surface area contributed by atoms with Crippen molar-refractivity contribution in [2.75, 3.05) is 33.5 Å². The van der Waals surface area contributed by atoms with Crippen LogP contribution in [0.1, 0.15) is 12.8 Å². The number of rotatable bonds is 3. The first kappa shape index (κ1) is 13.4. The fourth-order valence-corrected chi connectivity index (χ4v) is 2.66. The molecule has 0 atom stereocenters. The first-order valence-electron chi connectivity index (χ1n) is 5.13. The zero-order chi connectivity index (χ0) is 12.3. The largest absolute Gasteiger partial charge is 0.275 e. The van der Waals surface area contributed by atoms with E-state index in [1.807, 2.05) is 0 Å². The zero-order valence-electron chi connectivity index (χ0n) is 9.84. The van der Waals surface area contributed by atoms with Crippen LogP contribution in [0.25, 0.3) is 0 Å². The number of nitrogens with zero attached hydrogens (tertiary/aromatic N) is 2. The van der Waals surface area contributed by atoms with Gasteiger partial charge in [-0.15, -0.1) is 0 Å². The van der Waals surface area contributed by atoms with Crippen molar-refractivity contribution in [2.45, 2.75) is 12.8 Å². The Kier molecular flexibility index (Phi) is 4.28. The summed E-state index contributed by atoms with van der Waals surface area (Å²) in [4.78, 5) is 16.5. The second kappa shape index (κ2) is 5.11. The van der Waals surface area contributed by atoms with Crippen LogP contribution in [0, 0.1) is 5.92 Å². The predicted molar refractivity (Wildman–Crippen MR) is 58.9 cm³/mol. The molecule has 0 aliphatic carbocycles. The Labute approximate surface area is 96.2 Å². The molecule has 16 heavy (non-hydrogen) atoms. The van der Waals surface area contributed by atoms with Gasteiger partial charge in [0.1, 0.15) is 0 Å². The van der Waals surface area contributed by atoms with Gasteiger partial charge >= 0.3 is 0 Å². The van der Waals surface area contributed by atoms with Crippen molar-refractivity contribution in [1.82, 2.24) is 9.37 Å². The van der Waals surface area contributed by atoms with Gasteiger partial charge in [-0.25, -0.2) is 17.8 Å². The topological polar surface area (TPSA) is 66.9 Å². The number of carbonyl (C=O) groups is 1. The molecular formula is C9H18N2O4S. The lowest BCUT2D eigenvalue weighted by Crippen LogP contribution is -2.42. The van der Waals surface area contributed by atoms with Crippen LogP contribution in [0.4, 0.5) is 0 Å².